The molecule has 3 rings (SSSR count). The number of amides is 1. The van der Waals surface area contributed by atoms with Crippen LogP contribution in [0.4, 0.5) is 0 Å². The first-order valence-electron chi connectivity index (χ1n) is 9.97. The number of hydrogen-bond acceptors (Lipinski definition) is 8. The summed E-state index contributed by atoms with van der Waals surface area (Å²) in [5.74, 6) is 0.332. The number of ketones is 1. The topological polar surface area (TPSA) is 102 Å². The first-order valence-corrected chi connectivity index (χ1v) is 11.0. The van der Waals surface area contributed by atoms with Gasteiger partial charge in [0, 0.05) is 19.4 Å². The molecule has 9 heteroatoms. The molecule has 0 spiro atoms. The molecule has 0 radical (unpaired) electrons. The van der Waals surface area contributed by atoms with Gasteiger partial charge in [0.25, 0.3) is 0 Å². The predicted molar refractivity (Wildman–Crippen MR) is 115 cm³/mol. The van der Waals surface area contributed by atoms with Crippen LogP contribution in [0.1, 0.15) is 25.3 Å². The van der Waals surface area contributed by atoms with Crippen LogP contribution in [0.3, 0.4) is 0 Å². The summed E-state index contributed by atoms with van der Waals surface area (Å²) in [7, 11) is 4.28. The number of benzene rings is 1. The van der Waals surface area contributed by atoms with E-state index in [0.29, 0.717) is 28.6 Å². The number of thioether (sulfide) groups is 1. The molecular formula is C22H27NO7S. The van der Waals surface area contributed by atoms with Gasteiger partial charge in [-0.2, -0.15) is 0 Å². The number of allylic oxidation sites excluding steroid dienone is 1. The third-order valence-electron chi connectivity index (χ3n) is 5.89. The largest absolute Gasteiger partial charge is 0.493 e. The highest BCUT2D eigenvalue weighted by Gasteiger charge is 2.68. The molecule has 1 aliphatic heterocycles. The lowest BCUT2D eigenvalue weighted by Gasteiger charge is -2.44. The number of carbonyl (C=O) groups is 3. The Kier molecular flexibility index (Phi) is 6.66. The maximum absolute atomic E-state index is 13.0. The number of carbonyl (C=O) groups excluding carboxylic acids is 3. The molecule has 1 saturated heterocycles. The molecule has 2 atom stereocenters. The van der Waals surface area contributed by atoms with Gasteiger partial charge in [0.1, 0.15) is 5.41 Å². The predicted octanol–water partition coefficient (Wildman–Crippen LogP) is 1.94. The molecule has 31 heavy (non-hydrogen) atoms. The van der Waals surface area contributed by atoms with E-state index >= 15 is 0 Å². The van der Waals surface area contributed by atoms with Gasteiger partial charge in [-0.05, 0) is 35.9 Å². The number of likely N-dealkylation sites (tertiary alicyclic amines) is 1. The van der Waals surface area contributed by atoms with E-state index in [2.05, 4.69) is 0 Å². The number of Topliss-reactive ketones (excluding diaryl/α,β-unsaturated/α-hetero) is 1. The summed E-state index contributed by atoms with van der Waals surface area (Å²) >= 11 is 1.28. The molecule has 2 unspecified atom stereocenters. The van der Waals surface area contributed by atoms with Gasteiger partial charge < -0.3 is 24.2 Å². The van der Waals surface area contributed by atoms with Gasteiger partial charge in [-0.15, -0.1) is 11.8 Å². The molecular weight excluding hydrogens is 422 g/mol. The zero-order chi connectivity index (χ0) is 22.8. The monoisotopic (exact) mass is 449 g/mol. The van der Waals surface area contributed by atoms with Crippen molar-refractivity contribution in [2.75, 3.05) is 33.6 Å². The Hall–Kier alpha value is -2.52. The van der Waals surface area contributed by atoms with Crippen molar-refractivity contribution in [3.63, 3.8) is 0 Å². The summed E-state index contributed by atoms with van der Waals surface area (Å²) < 4.78 is 15.5. The van der Waals surface area contributed by atoms with Crippen molar-refractivity contribution in [1.82, 2.24) is 4.90 Å². The maximum Gasteiger partial charge on any atom is 0.318 e. The van der Waals surface area contributed by atoms with Crippen molar-refractivity contribution in [3.8, 4) is 11.5 Å². The lowest BCUT2D eigenvalue weighted by atomic mass is 9.70. The minimum atomic E-state index is -1.93. The van der Waals surface area contributed by atoms with Gasteiger partial charge in [0.15, 0.2) is 23.0 Å². The number of hydrogen-bond donors (Lipinski definition) is 1. The van der Waals surface area contributed by atoms with E-state index in [0.717, 1.165) is 5.56 Å². The Labute approximate surface area is 185 Å². The number of methoxy groups -OCH3 is 3. The Morgan fingerprint density at radius 2 is 1.87 bits per heavy atom. The average Bonchev–Trinajstić information content (AvgIpc) is 2.98. The minimum absolute atomic E-state index is 0.151. The van der Waals surface area contributed by atoms with Crippen LogP contribution < -0.4 is 9.47 Å². The average molecular weight is 450 g/mol. The smallest absolute Gasteiger partial charge is 0.318 e. The van der Waals surface area contributed by atoms with Crippen molar-refractivity contribution in [1.29, 1.82) is 0 Å². The van der Waals surface area contributed by atoms with Crippen LogP contribution in [-0.4, -0.2) is 67.0 Å². The number of nitrogens with zero attached hydrogens (tertiary/aromatic N) is 1. The van der Waals surface area contributed by atoms with Crippen LogP contribution in [0.15, 0.2) is 29.2 Å². The van der Waals surface area contributed by atoms with E-state index in [-0.39, 0.29) is 25.2 Å². The molecule has 0 saturated carbocycles. The van der Waals surface area contributed by atoms with E-state index in [4.69, 9.17) is 14.2 Å². The van der Waals surface area contributed by atoms with Crippen molar-refractivity contribution in [2.45, 2.75) is 31.9 Å². The van der Waals surface area contributed by atoms with Crippen LogP contribution in [-0.2, 0) is 25.5 Å². The molecule has 0 bridgehead atoms. The second-order valence-corrected chi connectivity index (χ2v) is 8.81. The summed E-state index contributed by atoms with van der Waals surface area (Å²) in [6.07, 6.45) is 1.22. The quantitative estimate of drug-likeness (QED) is 0.601. The van der Waals surface area contributed by atoms with Crippen LogP contribution in [0, 0.1) is 5.41 Å². The highest BCUT2D eigenvalue weighted by Crippen LogP contribution is 2.53. The van der Waals surface area contributed by atoms with Crippen molar-refractivity contribution in [3.05, 3.63) is 34.7 Å². The third-order valence-corrected chi connectivity index (χ3v) is 6.83. The summed E-state index contributed by atoms with van der Waals surface area (Å²) in [5.41, 5.74) is -2.71. The summed E-state index contributed by atoms with van der Waals surface area (Å²) in [4.78, 5) is 40.0. The zero-order valence-corrected chi connectivity index (χ0v) is 18.9. The van der Waals surface area contributed by atoms with Gasteiger partial charge in [-0.1, -0.05) is 13.0 Å². The lowest BCUT2D eigenvalue weighted by Crippen LogP contribution is -2.59. The van der Waals surface area contributed by atoms with Crippen molar-refractivity contribution >= 4 is 29.4 Å². The summed E-state index contributed by atoms with van der Waals surface area (Å²) in [6, 6.07) is 5.41. The van der Waals surface area contributed by atoms with Gasteiger partial charge >= 0.3 is 5.97 Å². The molecule has 1 aromatic rings. The molecule has 1 heterocycles. The van der Waals surface area contributed by atoms with Crippen LogP contribution in [0.25, 0.3) is 0 Å². The first-order chi connectivity index (χ1) is 14.8. The molecule has 0 aromatic heterocycles. The minimum Gasteiger partial charge on any atom is -0.493 e. The van der Waals surface area contributed by atoms with Crippen LogP contribution in [0.2, 0.25) is 0 Å². The van der Waals surface area contributed by atoms with Crippen molar-refractivity contribution in [2.24, 2.45) is 5.41 Å². The van der Waals surface area contributed by atoms with E-state index in [9.17, 15) is 19.5 Å². The number of rotatable bonds is 8. The second-order valence-electron chi connectivity index (χ2n) is 7.50. The van der Waals surface area contributed by atoms with Gasteiger partial charge in [0.05, 0.1) is 26.2 Å². The molecule has 1 fully saturated rings. The van der Waals surface area contributed by atoms with Crippen LogP contribution in [0.5, 0.6) is 11.5 Å². The van der Waals surface area contributed by atoms with Gasteiger partial charge in [0.2, 0.25) is 5.91 Å². The lowest BCUT2D eigenvalue weighted by molar-refractivity contribution is -0.181. The Morgan fingerprint density at radius 3 is 2.48 bits per heavy atom. The highest BCUT2D eigenvalue weighted by molar-refractivity contribution is 8.03. The fraction of sp³-hybridized carbons (Fsp3) is 0.500. The normalized spacial score (nSPS) is 25.2. The van der Waals surface area contributed by atoms with Crippen LogP contribution >= 0.6 is 11.8 Å². The standard InChI is InChI=1S/C22H27NO7S/c1-5-31-18-12-22(27)21(11-15(18)24,20(26)30-4)13-19(25)23(22)9-8-14-6-7-16(28-2)17(10-14)29-3/h6-7,10,12,27H,5,8-9,11,13H2,1-4H3. The van der Waals surface area contributed by atoms with Crippen molar-refractivity contribution < 1.29 is 33.7 Å². The second kappa shape index (κ2) is 8.92. The summed E-state index contributed by atoms with van der Waals surface area (Å²) in [6.45, 7) is 2.04. The molecule has 2 aliphatic rings. The number of esters is 1. The fourth-order valence-electron chi connectivity index (χ4n) is 4.31. The van der Waals surface area contributed by atoms with Gasteiger partial charge in [-0.25, -0.2) is 0 Å². The maximum atomic E-state index is 13.0. The fourth-order valence-corrected chi connectivity index (χ4v) is 5.10. The Bertz CT molecular complexity index is 930. The SMILES string of the molecule is CCSC1=CC2(O)N(CCc3ccc(OC)c(OC)c3)C(=O)CC2(C(=O)OC)CC1=O. The molecule has 1 aromatic carbocycles. The zero-order valence-electron chi connectivity index (χ0n) is 18.1. The van der Waals surface area contributed by atoms with E-state index in [1.807, 2.05) is 13.0 Å². The van der Waals surface area contributed by atoms with E-state index < -0.39 is 23.0 Å². The molecule has 1 N–H and O–H groups in total. The number of aliphatic hydroxyl groups is 1. The molecule has 168 valence electrons. The number of ether oxygens (including phenoxy) is 3. The Balaban J connectivity index is 1.96. The van der Waals surface area contributed by atoms with Gasteiger partial charge in [-0.3, -0.25) is 14.4 Å². The molecule has 8 nitrogen and oxygen atoms in total. The summed E-state index contributed by atoms with van der Waals surface area (Å²) in [5, 5.41) is 11.7. The first kappa shape index (κ1) is 23.1. The van der Waals surface area contributed by atoms with E-state index in [1.54, 1.807) is 19.2 Å². The molecule has 1 aliphatic carbocycles. The Morgan fingerprint density at radius 1 is 1.16 bits per heavy atom. The van der Waals surface area contributed by atoms with E-state index in [1.165, 1.54) is 37.0 Å². The highest BCUT2D eigenvalue weighted by atomic mass is 32.2. The third kappa shape index (κ3) is 3.80. The molecule has 1 amide bonds. The number of fused-ring (bicyclic) bond motifs is 1.